The molecule has 3 atom stereocenters. The summed E-state index contributed by atoms with van der Waals surface area (Å²) in [4.78, 5) is 25.6. The normalized spacial score (nSPS) is 14.1. The number of unbranched alkanes of at least 4 members (excludes halogenated alkanes) is 40. The molecule has 0 heterocycles. The number of aliphatic hydroxyl groups is 1. The lowest BCUT2D eigenvalue weighted by Gasteiger charge is -2.29. The fraction of sp³-hybridized carbons (Fsp3) is 0.862. The lowest BCUT2D eigenvalue weighted by molar-refractivity contribution is -0.870. The Morgan fingerprint density at radius 3 is 1.09 bits per heavy atom. The number of amides is 1. The van der Waals surface area contributed by atoms with E-state index in [9.17, 15) is 19.4 Å². The second kappa shape index (κ2) is 56.2. The highest BCUT2D eigenvalue weighted by molar-refractivity contribution is 7.45. The molecule has 0 fully saturated rings. The molecule has 0 rings (SSSR count). The van der Waals surface area contributed by atoms with E-state index in [1.165, 1.54) is 244 Å². The number of phosphoric acid groups is 1. The second-order valence-corrected chi connectivity index (χ2v) is 24.5. The van der Waals surface area contributed by atoms with E-state index in [-0.39, 0.29) is 12.5 Å². The lowest BCUT2D eigenvalue weighted by atomic mass is 10.0. The van der Waals surface area contributed by atoms with Crippen molar-refractivity contribution in [1.82, 2.24) is 5.32 Å². The summed E-state index contributed by atoms with van der Waals surface area (Å²) in [6, 6.07) is -0.911. The molecule has 1 amide bonds. The van der Waals surface area contributed by atoms with Gasteiger partial charge in [-0.2, -0.15) is 0 Å². The molecule has 0 aliphatic carbocycles. The van der Waals surface area contributed by atoms with E-state index in [0.29, 0.717) is 17.4 Å². The van der Waals surface area contributed by atoms with Gasteiger partial charge in [0.05, 0.1) is 39.9 Å². The number of rotatable bonds is 59. The number of phosphoric ester groups is 1. The summed E-state index contributed by atoms with van der Waals surface area (Å²) in [5, 5.41) is 13.9. The third kappa shape index (κ3) is 58.1. The first-order valence-electron chi connectivity index (χ1n) is 32.0. The maximum absolute atomic E-state index is 13.0. The number of likely N-dealkylation sites (N-methyl/N-ethyl adjacent to an activating group) is 1. The van der Waals surface area contributed by atoms with Gasteiger partial charge in [-0.25, -0.2) is 0 Å². The zero-order chi connectivity index (χ0) is 54.2. The summed E-state index contributed by atoms with van der Waals surface area (Å²) < 4.78 is 23.4. The maximum atomic E-state index is 13.0. The van der Waals surface area contributed by atoms with Gasteiger partial charge in [-0.3, -0.25) is 9.36 Å². The molecular formula is C65H125N2O6P. The van der Waals surface area contributed by atoms with Crippen LogP contribution in [0.4, 0.5) is 0 Å². The van der Waals surface area contributed by atoms with Crippen molar-refractivity contribution in [2.45, 2.75) is 321 Å². The van der Waals surface area contributed by atoms with Crippen molar-refractivity contribution in [3.63, 3.8) is 0 Å². The zero-order valence-corrected chi connectivity index (χ0v) is 50.7. The highest BCUT2D eigenvalue weighted by Gasteiger charge is 2.23. The van der Waals surface area contributed by atoms with Crippen LogP contribution in [0.2, 0.25) is 0 Å². The number of hydrogen-bond donors (Lipinski definition) is 2. The van der Waals surface area contributed by atoms with E-state index in [4.69, 9.17) is 9.05 Å². The first kappa shape index (κ1) is 72.5. The summed E-state index contributed by atoms with van der Waals surface area (Å²) in [6.45, 7) is 4.66. The average molecular weight is 1060 g/mol. The SMILES string of the molecule is CCCCCCCCCC/C=C\CCCCCCCCCCCCCCCCCC(=O)NC(COP(=O)([O-])OCC[N+](C)(C)C)C(O)/C=C/CC/C=C/CC/C=C/CCCCCCCCCCCCCCCCC. The summed E-state index contributed by atoms with van der Waals surface area (Å²) in [7, 11) is 1.24. The van der Waals surface area contributed by atoms with Crippen LogP contribution < -0.4 is 10.2 Å². The summed E-state index contributed by atoms with van der Waals surface area (Å²) in [5.41, 5.74) is 0. The Hall–Kier alpha value is -1.54. The molecule has 74 heavy (non-hydrogen) atoms. The van der Waals surface area contributed by atoms with Crippen LogP contribution in [-0.4, -0.2) is 68.5 Å². The minimum Gasteiger partial charge on any atom is -0.756 e. The van der Waals surface area contributed by atoms with Crippen molar-refractivity contribution in [2.24, 2.45) is 0 Å². The molecule has 3 unspecified atom stereocenters. The van der Waals surface area contributed by atoms with Crippen LogP contribution in [-0.2, 0) is 18.4 Å². The van der Waals surface area contributed by atoms with Crippen molar-refractivity contribution < 1.29 is 32.9 Å². The molecule has 0 aromatic carbocycles. The summed E-state index contributed by atoms with van der Waals surface area (Å²) >= 11 is 0. The van der Waals surface area contributed by atoms with Crippen LogP contribution >= 0.6 is 7.82 Å². The number of aliphatic hydroxyl groups excluding tert-OH is 1. The van der Waals surface area contributed by atoms with E-state index in [1.807, 2.05) is 27.2 Å². The van der Waals surface area contributed by atoms with Crippen molar-refractivity contribution in [3.05, 3.63) is 48.6 Å². The van der Waals surface area contributed by atoms with Crippen LogP contribution in [0.3, 0.4) is 0 Å². The number of allylic oxidation sites excluding steroid dienone is 7. The van der Waals surface area contributed by atoms with E-state index in [0.717, 1.165) is 44.9 Å². The molecule has 8 nitrogen and oxygen atoms in total. The van der Waals surface area contributed by atoms with Gasteiger partial charge in [0, 0.05) is 6.42 Å². The molecule has 2 N–H and O–H groups in total. The quantitative estimate of drug-likeness (QED) is 0.0272. The number of hydrogen-bond acceptors (Lipinski definition) is 6. The monoisotopic (exact) mass is 1060 g/mol. The van der Waals surface area contributed by atoms with Gasteiger partial charge in [0.15, 0.2) is 0 Å². The molecular weight excluding hydrogens is 936 g/mol. The molecule has 9 heteroatoms. The number of nitrogens with one attached hydrogen (secondary N) is 1. The predicted octanol–water partition coefficient (Wildman–Crippen LogP) is 19.2. The van der Waals surface area contributed by atoms with Crippen LogP contribution in [0.1, 0.15) is 309 Å². The first-order valence-corrected chi connectivity index (χ1v) is 33.5. The Balaban J connectivity index is 4.19. The van der Waals surface area contributed by atoms with Gasteiger partial charge in [0.25, 0.3) is 7.82 Å². The Morgan fingerprint density at radius 1 is 0.459 bits per heavy atom. The molecule has 0 radical (unpaired) electrons. The summed E-state index contributed by atoms with van der Waals surface area (Å²) in [6.07, 6.45) is 75.0. The predicted molar refractivity (Wildman–Crippen MR) is 321 cm³/mol. The Labute approximate surface area is 460 Å². The van der Waals surface area contributed by atoms with E-state index < -0.39 is 26.6 Å². The van der Waals surface area contributed by atoms with Gasteiger partial charge >= 0.3 is 0 Å². The molecule has 0 aliphatic rings. The molecule has 0 spiro atoms. The van der Waals surface area contributed by atoms with Gasteiger partial charge < -0.3 is 28.8 Å². The van der Waals surface area contributed by atoms with Crippen LogP contribution in [0.25, 0.3) is 0 Å². The smallest absolute Gasteiger partial charge is 0.268 e. The standard InChI is InChI=1S/C65H125N2O6P/c1-6-8-10-12-14-16-18-20-22-24-26-28-30-32-33-35-37-39-41-43-45-47-49-51-53-55-57-59-65(69)66-63(62-73-74(70,71)72-61-60-67(3,4)5)64(68)58-56-54-52-50-48-46-44-42-40-38-36-34-31-29-27-25-23-21-19-17-15-13-11-9-7-2/h24,26,40,42,48,50,56,58,63-64,68H,6-23,25,27-39,41,43-47,49,51-55,57,59-62H2,1-5H3,(H-,66,69,70,71)/b26-24-,42-40+,50-48+,58-56+. The Bertz CT molecular complexity index is 1340. The summed E-state index contributed by atoms with van der Waals surface area (Å²) in [5.74, 6) is -0.207. The fourth-order valence-corrected chi connectivity index (χ4v) is 10.2. The van der Waals surface area contributed by atoms with Crippen LogP contribution in [0.15, 0.2) is 48.6 Å². The number of carbonyl (C=O) groups excluding carboxylic acids is 1. The average Bonchev–Trinajstić information content (AvgIpc) is 3.36. The molecule has 0 aromatic rings. The molecule has 0 aliphatic heterocycles. The number of nitrogens with zero attached hydrogens (tertiary/aromatic N) is 1. The topological polar surface area (TPSA) is 108 Å². The largest absolute Gasteiger partial charge is 0.756 e. The Kier molecular flexibility index (Phi) is 55.0. The number of carbonyl (C=O) groups is 1. The molecule has 0 aromatic heterocycles. The van der Waals surface area contributed by atoms with Crippen LogP contribution in [0, 0.1) is 0 Å². The maximum Gasteiger partial charge on any atom is 0.268 e. The van der Waals surface area contributed by atoms with Gasteiger partial charge in [0.2, 0.25) is 5.91 Å². The molecule has 0 saturated carbocycles. The second-order valence-electron chi connectivity index (χ2n) is 23.1. The van der Waals surface area contributed by atoms with Crippen molar-refractivity contribution >= 4 is 13.7 Å². The van der Waals surface area contributed by atoms with Crippen LogP contribution in [0.5, 0.6) is 0 Å². The van der Waals surface area contributed by atoms with Crippen molar-refractivity contribution in [1.29, 1.82) is 0 Å². The van der Waals surface area contributed by atoms with Gasteiger partial charge in [0.1, 0.15) is 13.2 Å². The van der Waals surface area contributed by atoms with Gasteiger partial charge in [-0.05, 0) is 70.6 Å². The highest BCUT2D eigenvalue weighted by atomic mass is 31.2. The first-order chi connectivity index (χ1) is 36.0. The minimum absolute atomic E-state index is 0.00861. The van der Waals surface area contributed by atoms with E-state index in [1.54, 1.807) is 6.08 Å². The van der Waals surface area contributed by atoms with Crippen molar-refractivity contribution in [3.8, 4) is 0 Å². The minimum atomic E-state index is -4.61. The van der Waals surface area contributed by atoms with E-state index >= 15 is 0 Å². The highest BCUT2D eigenvalue weighted by Crippen LogP contribution is 2.38. The third-order valence-electron chi connectivity index (χ3n) is 14.5. The van der Waals surface area contributed by atoms with E-state index in [2.05, 4.69) is 55.6 Å². The molecule has 0 bridgehead atoms. The lowest BCUT2D eigenvalue weighted by Crippen LogP contribution is -2.45. The van der Waals surface area contributed by atoms with Crippen molar-refractivity contribution in [2.75, 3.05) is 40.9 Å². The van der Waals surface area contributed by atoms with Gasteiger partial charge in [-0.1, -0.05) is 281 Å². The molecule has 0 saturated heterocycles. The fourth-order valence-electron chi connectivity index (χ4n) is 9.48. The number of quaternary nitrogens is 1. The third-order valence-corrected chi connectivity index (χ3v) is 15.5. The Morgan fingerprint density at radius 2 is 0.757 bits per heavy atom. The zero-order valence-electron chi connectivity index (χ0n) is 49.8. The van der Waals surface area contributed by atoms with Gasteiger partial charge in [-0.15, -0.1) is 0 Å². The molecule has 436 valence electrons.